The molecular weight excluding hydrogens is 282 g/mol. The van der Waals surface area contributed by atoms with E-state index in [1.54, 1.807) is 0 Å². The fourth-order valence-corrected chi connectivity index (χ4v) is 3.11. The normalized spacial score (nSPS) is 15.3. The van der Waals surface area contributed by atoms with Crippen molar-refractivity contribution in [1.29, 1.82) is 0 Å². The number of aliphatic imine (C=N–C) groups is 1. The Hall–Kier alpha value is -2.16. The van der Waals surface area contributed by atoms with Gasteiger partial charge in [-0.1, -0.05) is 29.8 Å². The van der Waals surface area contributed by atoms with Gasteiger partial charge in [-0.05, 0) is 55.9 Å². The predicted octanol–water partition coefficient (Wildman–Crippen LogP) is 4.07. The highest BCUT2D eigenvalue weighted by molar-refractivity contribution is 5.84. The van der Waals surface area contributed by atoms with E-state index < -0.39 is 0 Å². The Morgan fingerprint density at radius 2 is 2.04 bits per heavy atom. The lowest BCUT2D eigenvalue weighted by atomic mass is 9.95. The summed E-state index contributed by atoms with van der Waals surface area (Å²) in [7, 11) is 0. The standard InChI is InChI=1S/C20H25N3/c1-14-6-4-7-17(10-14)19(23-20-8-5-9-22-20)11-18-13-21-12-15(2)16(18)3/h4,6-7,10,12-13,19H,5,8-9,11H2,1-3H3,(H,22,23). The van der Waals surface area contributed by atoms with Gasteiger partial charge in [-0.25, -0.2) is 0 Å². The Morgan fingerprint density at radius 1 is 1.17 bits per heavy atom. The number of benzene rings is 1. The van der Waals surface area contributed by atoms with Crippen LogP contribution in [-0.2, 0) is 6.42 Å². The van der Waals surface area contributed by atoms with Crippen molar-refractivity contribution in [3.8, 4) is 0 Å². The molecule has 2 aromatic rings. The number of hydrogen-bond donors (Lipinski definition) is 1. The molecule has 0 bridgehead atoms. The maximum absolute atomic E-state index is 4.59. The summed E-state index contributed by atoms with van der Waals surface area (Å²) < 4.78 is 0. The summed E-state index contributed by atoms with van der Waals surface area (Å²) in [5.74, 6) is 1.15. The fourth-order valence-electron chi connectivity index (χ4n) is 3.11. The minimum Gasteiger partial charge on any atom is -0.367 e. The van der Waals surface area contributed by atoms with Crippen LogP contribution >= 0.6 is 0 Å². The molecule has 1 atom stereocenters. The summed E-state index contributed by atoms with van der Waals surface area (Å²) in [6, 6.07) is 9.00. The Balaban J connectivity index is 1.89. The van der Waals surface area contributed by atoms with Crippen LogP contribution in [0.1, 0.15) is 46.7 Å². The molecule has 0 aliphatic carbocycles. The molecule has 0 amide bonds. The van der Waals surface area contributed by atoms with E-state index in [1.165, 1.54) is 27.8 Å². The van der Waals surface area contributed by atoms with Gasteiger partial charge in [0.05, 0.1) is 11.9 Å². The van der Waals surface area contributed by atoms with Gasteiger partial charge in [0.15, 0.2) is 0 Å². The third-order valence-corrected chi connectivity index (χ3v) is 4.66. The van der Waals surface area contributed by atoms with Gasteiger partial charge in [-0.2, -0.15) is 0 Å². The molecule has 0 saturated heterocycles. The molecule has 1 aromatic carbocycles. The van der Waals surface area contributed by atoms with Crippen molar-refractivity contribution in [2.45, 2.75) is 46.1 Å². The molecular formula is C20H25N3. The van der Waals surface area contributed by atoms with Gasteiger partial charge in [0, 0.05) is 25.4 Å². The van der Waals surface area contributed by atoms with E-state index in [0.29, 0.717) is 0 Å². The zero-order valence-electron chi connectivity index (χ0n) is 14.3. The lowest BCUT2D eigenvalue weighted by Gasteiger charge is -2.22. The van der Waals surface area contributed by atoms with E-state index in [4.69, 9.17) is 0 Å². The number of amidine groups is 1. The summed E-state index contributed by atoms with van der Waals surface area (Å²) in [6.07, 6.45) is 7.10. The molecule has 2 heterocycles. The first-order valence-electron chi connectivity index (χ1n) is 8.40. The number of rotatable bonds is 4. The largest absolute Gasteiger partial charge is 0.367 e. The van der Waals surface area contributed by atoms with Crippen LogP contribution in [0.15, 0.2) is 41.7 Å². The molecule has 1 N–H and O–H groups in total. The molecule has 1 unspecified atom stereocenters. The Labute approximate surface area is 138 Å². The smallest absolute Gasteiger partial charge is 0.0968 e. The van der Waals surface area contributed by atoms with Crippen LogP contribution in [0.3, 0.4) is 0 Å². The number of hydrogen-bond acceptors (Lipinski definition) is 3. The highest BCUT2D eigenvalue weighted by atomic mass is 15.0. The molecule has 1 aliphatic rings. The lowest BCUT2D eigenvalue weighted by molar-refractivity contribution is 0.634. The van der Waals surface area contributed by atoms with Gasteiger partial charge in [0.2, 0.25) is 0 Å². The van der Waals surface area contributed by atoms with Gasteiger partial charge in [0.1, 0.15) is 0 Å². The summed E-state index contributed by atoms with van der Waals surface area (Å²) in [5.41, 5.74) is 6.52. The van der Waals surface area contributed by atoms with Gasteiger partial charge < -0.3 is 5.32 Å². The van der Waals surface area contributed by atoms with Gasteiger partial charge >= 0.3 is 0 Å². The molecule has 0 spiro atoms. The molecule has 0 fully saturated rings. The van der Waals surface area contributed by atoms with Gasteiger partial charge in [-0.15, -0.1) is 0 Å². The summed E-state index contributed by atoms with van der Waals surface area (Å²) in [6.45, 7) is 7.41. The minimum absolute atomic E-state index is 0.244. The van der Waals surface area contributed by atoms with E-state index in [2.05, 4.69) is 60.3 Å². The van der Waals surface area contributed by atoms with Crippen LogP contribution in [-0.4, -0.2) is 17.4 Å². The second-order valence-corrected chi connectivity index (χ2v) is 6.49. The van der Waals surface area contributed by atoms with Crippen LogP contribution in [0, 0.1) is 20.8 Å². The molecule has 3 nitrogen and oxygen atoms in total. The first-order chi connectivity index (χ1) is 11.1. The quantitative estimate of drug-likeness (QED) is 0.924. The van der Waals surface area contributed by atoms with E-state index in [-0.39, 0.29) is 6.04 Å². The second-order valence-electron chi connectivity index (χ2n) is 6.49. The highest BCUT2D eigenvalue weighted by Crippen LogP contribution is 2.23. The molecule has 3 rings (SSSR count). The zero-order chi connectivity index (χ0) is 16.2. The third-order valence-electron chi connectivity index (χ3n) is 4.66. The average molecular weight is 307 g/mol. The number of nitrogens with zero attached hydrogens (tertiary/aromatic N) is 2. The summed E-state index contributed by atoms with van der Waals surface area (Å²) >= 11 is 0. The van der Waals surface area contributed by atoms with E-state index in [0.717, 1.165) is 31.6 Å². The maximum Gasteiger partial charge on any atom is 0.0968 e. The molecule has 23 heavy (non-hydrogen) atoms. The first-order valence-corrected chi connectivity index (χ1v) is 8.40. The SMILES string of the molecule is Cc1cccc(C(Cc2cncc(C)c2C)NC2=NCCC2)c1. The van der Waals surface area contributed by atoms with Crippen molar-refractivity contribution < 1.29 is 0 Å². The topological polar surface area (TPSA) is 37.3 Å². The average Bonchev–Trinajstić information content (AvgIpc) is 3.04. The zero-order valence-corrected chi connectivity index (χ0v) is 14.3. The van der Waals surface area contributed by atoms with E-state index in [1.807, 2.05) is 12.4 Å². The van der Waals surface area contributed by atoms with Crippen molar-refractivity contribution in [1.82, 2.24) is 10.3 Å². The lowest BCUT2D eigenvalue weighted by Crippen LogP contribution is -2.29. The van der Waals surface area contributed by atoms with Crippen LogP contribution in [0.4, 0.5) is 0 Å². The Bertz CT molecular complexity index is 719. The van der Waals surface area contributed by atoms with Crippen LogP contribution in [0.25, 0.3) is 0 Å². The third kappa shape index (κ3) is 3.79. The molecule has 120 valence electrons. The van der Waals surface area contributed by atoms with Crippen LogP contribution < -0.4 is 5.32 Å². The second kappa shape index (κ2) is 6.95. The predicted molar refractivity (Wildman–Crippen MR) is 96.0 cm³/mol. The summed E-state index contributed by atoms with van der Waals surface area (Å²) in [5, 5.41) is 3.68. The highest BCUT2D eigenvalue weighted by Gasteiger charge is 2.17. The van der Waals surface area contributed by atoms with Crippen LogP contribution in [0.2, 0.25) is 0 Å². The number of nitrogens with one attached hydrogen (secondary N) is 1. The van der Waals surface area contributed by atoms with Crippen molar-refractivity contribution >= 4 is 5.84 Å². The number of aryl methyl sites for hydroxylation is 2. The molecule has 3 heteroatoms. The van der Waals surface area contributed by atoms with Crippen molar-refractivity contribution in [2.75, 3.05) is 6.54 Å². The van der Waals surface area contributed by atoms with Gasteiger partial charge in [-0.3, -0.25) is 9.98 Å². The minimum atomic E-state index is 0.244. The Kier molecular flexibility index (Phi) is 4.75. The number of aromatic nitrogens is 1. The fraction of sp³-hybridized carbons (Fsp3) is 0.400. The van der Waals surface area contributed by atoms with Crippen molar-refractivity contribution in [3.05, 3.63) is 64.5 Å². The summed E-state index contributed by atoms with van der Waals surface area (Å²) in [4.78, 5) is 8.98. The molecule has 1 aromatic heterocycles. The van der Waals surface area contributed by atoms with Crippen molar-refractivity contribution in [3.63, 3.8) is 0 Å². The molecule has 0 radical (unpaired) electrons. The molecule has 1 aliphatic heterocycles. The van der Waals surface area contributed by atoms with Crippen LogP contribution in [0.5, 0.6) is 0 Å². The van der Waals surface area contributed by atoms with Gasteiger partial charge in [0.25, 0.3) is 0 Å². The van der Waals surface area contributed by atoms with E-state index >= 15 is 0 Å². The monoisotopic (exact) mass is 307 g/mol. The molecule has 0 saturated carbocycles. The maximum atomic E-state index is 4.59. The first kappa shape index (κ1) is 15.7. The Morgan fingerprint density at radius 3 is 2.78 bits per heavy atom. The van der Waals surface area contributed by atoms with E-state index in [9.17, 15) is 0 Å². The number of pyridine rings is 1. The van der Waals surface area contributed by atoms with Crippen molar-refractivity contribution in [2.24, 2.45) is 4.99 Å².